The highest BCUT2D eigenvalue weighted by Gasteiger charge is 2.54. The van der Waals surface area contributed by atoms with Crippen LogP contribution in [0.25, 0.3) is 105 Å². The third-order valence-corrected chi connectivity index (χ3v) is 24.6. The first-order chi connectivity index (χ1) is 44.7. The van der Waals surface area contributed by atoms with Gasteiger partial charge in [0.2, 0.25) is 6.71 Å². The number of fused-ring (bicyclic) bond motifs is 13. The lowest BCUT2D eigenvalue weighted by molar-refractivity contribution is 1.16. The van der Waals surface area contributed by atoms with Crippen LogP contribution in [0, 0.1) is 0 Å². The maximum Gasteiger partial charge on any atom is 0.246 e. The number of para-hydroxylation sites is 7. The first-order valence-electron chi connectivity index (χ1n) is 31.3. The summed E-state index contributed by atoms with van der Waals surface area (Å²) >= 11 is 0. The summed E-state index contributed by atoms with van der Waals surface area (Å²) in [7, 11) is -3.47. The van der Waals surface area contributed by atoms with Gasteiger partial charge in [-0.2, -0.15) is 0 Å². The topological polar surface area (TPSA) is 18.0 Å². The van der Waals surface area contributed by atoms with Crippen LogP contribution in [0.4, 0.5) is 17.1 Å². The number of anilines is 3. The molecule has 418 valence electrons. The summed E-state index contributed by atoms with van der Waals surface area (Å²) in [4.78, 5) is 2.72. The van der Waals surface area contributed by atoms with E-state index in [2.05, 4.69) is 352 Å². The second kappa shape index (κ2) is 19.8. The standard InChI is InChI=1S/C84H55BN4Si/c1-5-26-56(27-6-1)63-40-25-41-64(57-28-7-2-8-29-57)84(63)89-79-52-58(86-73-42-19-13-34-65(73)66-35-14-20-43-74(66)86)48-50-71(79)85-72-51-49-59(87-75-44-21-15-36-67(75)68-37-16-22-45-76(68)87)54-81(72)90(61-30-9-3-10-31-61,62-32-11-4-12-33-62)82-55-60(53-80(89)83(82)85)88-77-46-23-17-38-69(77)70-39-18-24-47-78(70)88/h1-55H. The van der Waals surface area contributed by atoms with Crippen molar-refractivity contribution in [2.45, 2.75) is 0 Å². The minimum absolute atomic E-state index is 0.181. The lowest BCUT2D eigenvalue weighted by Gasteiger charge is -2.48. The Kier molecular flexibility index (Phi) is 11.1. The smallest absolute Gasteiger partial charge is 0.246 e. The number of nitrogens with zero attached hydrogens (tertiary/aromatic N) is 4. The van der Waals surface area contributed by atoms with Gasteiger partial charge in [0.05, 0.1) is 38.8 Å². The molecule has 0 bridgehead atoms. The summed E-state index contributed by atoms with van der Waals surface area (Å²) < 4.78 is 7.59. The summed E-state index contributed by atoms with van der Waals surface area (Å²) in [5.74, 6) is 0. The maximum absolute atomic E-state index is 3.47. The maximum atomic E-state index is 2.72. The van der Waals surface area contributed by atoms with Crippen LogP contribution in [0.2, 0.25) is 0 Å². The molecule has 6 heteroatoms. The zero-order valence-corrected chi connectivity index (χ0v) is 50.1. The van der Waals surface area contributed by atoms with Gasteiger partial charge in [-0.15, -0.1) is 0 Å². The molecule has 0 saturated carbocycles. The Balaban J connectivity index is 1.03. The van der Waals surface area contributed by atoms with Gasteiger partial charge in [-0.3, -0.25) is 0 Å². The minimum Gasteiger partial charge on any atom is -0.310 e. The van der Waals surface area contributed by atoms with E-state index in [0.717, 1.165) is 50.7 Å². The molecule has 17 aromatic rings. The highest BCUT2D eigenvalue weighted by Crippen LogP contribution is 2.49. The van der Waals surface area contributed by atoms with Crippen LogP contribution in [0.5, 0.6) is 0 Å². The van der Waals surface area contributed by atoms with Gasteiger partial charge in [0.1, 0.15) is 0 Å². The number of rotatable bonds is 8. The van der Waals surface area contributed by atoms with Gasteiger partial charge < -0.3 is 18.6 Å². The molecule has 0 radical (unpaired) electrons. The van der Waals surface area contributed by atoms with Crippen molar-refractivity contribution in [3.63, 3.8) is 0 Å². The minimum atomic E-state index is -3.47. The average Bonchev–Trinajstić information content (AvgIpc) is 0.753. The SMILES string of the molecule is c1ccc(-c2cccc(-c3ccccc3)c2N2c3cc(-n4c5ccccc5c5ccccc54)ccc3B3c4ccc(-n5c6ccccc6c6ccccc65)cc4[Si](c4ccccc4)(c4ccccc4)c4cc(-n5c6ccccc6c6ccccc65)cc2c43)cc1. The Hall–Kier alpha value is -11.4. The second-order valence-electron chi connectivity index (χ2n) is 24.2. The van der Waals surface area contributed by atoms with E-state index >= 15 is 0 Å². The van der Waals surface area contributed by atoms with Crippen molar-refractivity contribution in [3.05, 3.63) is 334 Å². The Morgan fingerprint density at radius 3 is 1.03 bits per heavy atom. The van der Waals surface area contributed by atoms with Gasteiger partial charge in [-0.1, -0.05) is 266 Å². The molecule has 0 spiro atoms. The molecule has 14 aromatic carbocycles. The molecule has 0 unspecified atom stereocenters. The zero-order valence-electron chi connectivity index (χ0n) is 49.1. The molecule has 0 saturated heterocycles. The first-order valence-corrected chi connectivity index (χ1v) is 33.3. The van der Waals surface area contributed by atoms with E-state index in [1.807, 2.05) is 0 Å². The summed E-state index contributed by atoms with van der Waals surface area (Å²) in [5.41, 5.74) is 22.5. The summed E-state index contributed by atoms with van der Waals surface area (Å²) in [6.45, 7) is -0.181. The van der Waals surface area contributed by atoms with Crippen molar-refractivity contribution < 1.29 is 0 Å². The summed E-state index contributed by atoms with van der Waals surface area (Å²) in [5, 5.41) is 12.9. The van der Waals surface area contributed by atoms with E-state index in [1.54, 1.807) is 0 Å². The predicted molar refractivity (Wildman–Crippen MR) is 383 cm³/mol. The normalized spacial score (nSPS) is 13.2. The molecular formula is C84H55BN4Si. The van der Waals surface area contributed by atoms with Crippen LogP contribution in [0.1, 0.15) is 0 Å². The monoisotopic (exact) mass is 1160 g/mol. The van der Waals surface area contributed by atoms with Crippen molar-refractivity contribution in [3.8, 4) is 39.3 Å². The second-order valence-corrected chi connectivity index (χ2v) is 28.0. The number of hydrogen-bond acceptors (Lipinski definition) is 1. The molecule has 0 amide bonds. The van der Waals surface area contributed by atoms with Crippen LogP contribution in [-0.2, 0) is 0 Å². The Morgan fingerprint density at radius 1 is 0.256 bits per heavy atom. The first kappa shape index (κ1) is 50.7. The third kappa shape index (κ3) is 7.19. The van der Waals surface area contributed by atoms with Gasteiger partial charge in [0.15, 0.2) is 8.07 Å². The Morgan fingerprint density at radius 2 is 0.600 bits per heavy atom. The zero-order chi connectivity index (χ0) is 59.0. The quantitative estimate of drug-likeness (QED) is 0.139. The molecule has 2 aliphatic heterocycles. The van der Waals surface area contributed by atoms with Crippen molar-refractivity contribution in [1.29, 1.82) is 0 Å². The van der Waals surface area contributed by atoms with Gasteiger partial charge >= 0.3 is 0 Å². The van der Waals surface area contributed by atoms with Crippen LogP contribution in [-0.4, -0.2) is 28.5 Å². The van der Waals surface area contributed by atoms with E-state index in [4.69, 9.17) is 0 Å². The van der Waals surface area contributed by atoms with Crippen molar-refractivity contribution >= 4 is 134 Å². The Labute approximate surface area is 522 Å². The predicted octanol–water partition coefficient (Wildman–Crippen LogP) is 16.3. The lowest BCUT2D eigenvalue weighted by atomic mass is 9.34. The highest BCUT2D eigenvalue weighted by molar-refractivity contribution is 7.26. The van der Waals surface area contributed by atoms with Crippen LogP contribution in [0.15, 0.2) is 334 Å². The van der Waals surface area contributed by atoms with Crippen molar-refractivity contribution in [1.82, 2.24) is 13.7 Å². The molecule has 0 atom stereocenters. The molecular weight excluding hydrogens is 1100 g/mol. The molecule has 0 N–H and O–H groups in total. The number of hydrogen-bond donors (Lipinski definition) is 0. The molecule has 0 fully saturated rings. The summed E-state index contributed by atoms with van der Waals surface area (Å²) in [6.07, 6.45) is 0. The fourth-order valence-electron chi connectivity index (χ4n) is 16.2. The van der Waals surface area contributed by atoms with Crippen LogP contribution >= 0.6 is 0 Å². The molecule has 0 aliphatic carbocycles. The fraction of sp³-hybridized carbons (Fsp3) is 0. The molecule has 90 heavy (non-hydrogen) atoms. The fourth-order valence-corrected chi connectivity index (χ4v) is 21.5. The molecule has 19 rings (SSSR count). The van der Waals surface area contributed by atoms with Crippen LogP contribution < -0.4 is 42.0 Å². The van der Waals surface area contributed by atoms with E-state index in [0.29, 0.717) is 0 Å². The van der Waals surface area contributed by atoms with E-state index in [-0.39, 0.29) is 6.71 Å². The Bertz CT molecular complexity index is 5490. The molecule has 5 heterocycles. The van der Waals surface area contributed by atoms with Gasteiger partial charge in [-0.05, 0) is 116 Å². The van der Waals surface area contributed by atoms with E-state index in [1.165, 1.54) is 108 Å². The summed E-state index contributed by atoms with van der Waals surface area (Å²) in [6, 6.07) is 126. The van der Waals surface area contributed by atoms with E-state index in [9.17, 15) is 0 Å². The van der Waals surface area contributed by atoms with Crippen LogP contribution in [0.3, 0.4) is 0 Å². The molecule has 3 aromatic heterocycles. The van der Waals surface area contributed by atoms with Gasteiger partial charge in [0, 0.05) is 71.9 Å². The molecule has 4 nitrogen and oxygen atoms in total. The number of benzene rings is 14. The van der Waals surface area contributed by atoms with Gasteiger partial charge in [-0.25, -0.2) is 0 Å². The third-order valence-electron chi connectivity index (χ3n) is 19.8. The largest absolute Gasteiger partial charge is 0.310 e. The average molecular weight is 1160 g/mol. The van der Waals surface area contributed by atoms with Crippen molar-refractivity contribution in [2.24, 2.45) is 0 Å². The number of aromatic nitrogens is 3. The van der Waals surface area contributed by atoms with E-state index < -0.39 is 8.07 Å². The van der Waals surface area contributed by atoms with Crippen molar-refractivity contribution in [2.75, 3.05) is 4.90 Å². The van der Waals surface area contributed by atoms with Gasteiger partial charge in [0.25, 0.3) is 0 Å². The molecule has 2 aliphatic rings. The lowest BCUT2D eigenvalue weighted by Crippen LogP contribution is -2.87. The highest BCUT2D eigenvalue weighted by atomic mass is 28.3.